The first kappa shape index (κ1) is 14.1. The van der Waals surface area contributed by atoms with Crippen LogP contribution in [0.3, 0.4) is 0 Å². The Morgan fingerprint density at radius 1 is 1.42 bits per heavy atom. The molecule has 1 aromatic heterocycles. The first-order valence-electron chi connectivity index (χ1n) is 3.39. The quantitative estimate of drug-likeness (QED) is 0.555. The monoisotopic (exact) mass is 254 g/mol. The number of rotatable bonds is 1. The molecule has 0 N–H and O–H groups in total. The van der Waals surface area contributed by atoms with Crippen LogP contribution in [-0.4, -0.2) is 4.98 Å². The third kappa shape index (κ3) is 3.80. The third-order valence-corrected chi connectivity index (χ3v) is 1.37. The van der Waals surface area contributed by atoms with Crippen molar-refractivity contribution >= 4 is 6.08 Å². The van der Waals surface area contributed by atoms with Gasteiger partial charge in [0, 0.05) is 26.6 Å². The number of allylic oxidation sites excluding steroid dienone is 1. The largest absolute Gasteiger partial charge is 0.358 e. The predicted octanol–water partition coefficient (Wildman–Crippen LogP) is 2.87. The van der Waals surface area contributed by atoms with Gasteiger partial charge in [0.15, 0.2) is 0 Å². The van der Waals surface area contributed by atoms with Crippen molar-refractivity contribution in [2.24, 2.45) is 0 Å². The van der Waals surface area contributed by atoms with E-state index in [0.717, 1.165) is 5.69 Å². The molecule has 0 aliphatic rings. The van der Waals surface area contributed by atoms with Crippen LogP contribution in [0, 0.1) is 14.4 Å². The summed E-state index contributed by atoms with van der Waals surface area (Å²) in [6, 6.07) is 4.00. The van der Waals surface area contributed by atoms with Gasteiger partial charge in [0.25, 0.3) is 0 Å². The molecule has 0 aromatic carbocycles. The normalized spacial score (nSPS) is 8.83. The summed E-state index contributed by atoms with van der Waals surface area (Å²) in [6.45, 7) is 4.05. The average molecular weight is 255 g/mol. The van der Waals surface area contributed by atoms with Crippen LogP contribution in [0.4, 0.5) is 0 Å². The van der Waals surface area contributed by atoms with Gasteiger partial charge in [-0.25, -0.2) is 0 Å². The number of nitrogens with zero attached hydrogens (tertiary/aromatic N) is 1. The van der Waals surface area contributed by atoms with Gasteiger partial charge in [-0.1, -0.05) is 12.1 Å². The zero-order valence-corrected chi connectivity index (χ0v) is 9.20. The topological polar surface area (TPSA) is 12.9 Å². The molecule has 70 valence electrons. The van der Waals surface area contributed by atoms with Crippen molar-refractivity contribution < 1.29 is 20.4 Å². The minimum absolute atomic E-state index is 0. The van der Waals surface area contributed by atoms with E-state index in [0.29, 0.717) is 0 Å². The number of aromatic nitrogens is 1. The SMILES string of the molecule is C/C=C/c1ncccc1C.[CH3-].[Pd]. The van der Waals surface area contributed by atoms with Gasteiger partial charge < -0.3 is 7.43 Å². The number of aryl methyl sites for hydroxylation is 1. The average Bonchev–Trinajstić information content (AvgIpc) is 1.94. The van der Waals surface area contributed by atoms with E-state index < -0.39 is 0 Å². The van der Waals surface area contributed by atoms with Crippen LogP contribution in [0.1, 0.15) is 18.2 Å². The van der Waals surface area contributed by atoms with Crippen molar-refractivity contribution in [2.75, 3.05) is 0 Å². The molecule has 2 heteroatoms. The third-order valence-electron chi connectivity index (χ3n) is 1.37. The summed E-state index contributed by atoms with van der Waals surface area (Å²) in [5.41, 5.74) is 2.28. The molecule has 0 spiro atoms. The van der Waals surface area contributed by atoms with Crippen molar-refractivity contribution in [3.05, 3.63) is 43.1 Å². The molecule has 0 aliphatic carbocycles. The molecule has 0 atom stereocenters. The zero-order valence-electron chi connectivity index (χ0n) is 7.65. The van der Waals surface area contributed by atoms with Gasteiger partial charge in [0.05, 0.1) is 5.69 Å². The van der Waals surface area contributed by atoms with Crippen LogP contribution in [0.2, 0.25) is 0 Å². The van der Waals surface area contributed by atoms with Crippen molar-refractivity contribution in [3.8, 4) is 0 Å². The molecule has 0 amide bonds. The van der Waals surface area contributed by atoms with E-state index in [-0.39, 0.29) is 27.8 Å². The Balaban J connectivity index is 0. The fraction of sp³-hybridized carbons (Fsp3) is 0.200. The molecule has 1 aromatic rings. The maximum absolute atomic E-state index is 4.18. The molecule has 0 radical (unpaired) electrons. The van der Waals surface area contributed by atoms with E-state index in [4.69, 9.17) is 0 Å². The first-order valence-corrected chi connectivity index (χ1v) is 3.39. The molecule has 0 bridgehead atoms. The number of hydrogen-bond donors (Lipinski definition) is 0. The van der Waals surface area contributed by atoms with Crippen LogP contribution in [0.25, 0.3) is 6.08 Å². The van der Waals surface area contributed by atoms with E-state index >= 15 is 0 Å². The summed E-state index contributed by atoms with van der Waals surface area (Å²) in [7, 11) is 0. The Morgan fingerprint density at radius 2 is 2.08 bits per heavy atom. The van der Waals surface area contributed by atoms with E-state index in [9.17, 15) is 0 Å². The second-order valence-electron chi connectivity index (χ2n) is 2.21. The summed E-state index contributed by atoms with van der Waals surface area (Å²) in [5, 5.41) is 0. The van der Waals surface area contributed by atoms with Crippen molar-refractivity contribution in [1.29, 1.82) is 0 Å². The Kier molecular flexibility index (Phi) is 8.48. The molecule has 1 nitrogen and oxygen atoms in total. The fourth-order valence-electron chi connectivity index (χ4n) is 0.830. The summed E-state index contributed by atoms with van der Waals surface area (Å²) < 4.78 is 0. The van der Waals surface area contributed by atoms with E-state index in [1.54, 1.807) is 0 Å². The van der Waals surface area contributed by atoms with Gasteiger partial charge in [0.2, 0.25) is 0 Å². The van der Waals surface area contributed by atoms with Gasteiger partial charge in [-0.15, -0.1) is 0 Å². The van der Waals surface area contributed by atoms with Crippen LogP contribution in [0.5, 0.6) is 0 Å². The molecular weight excluding hydrogens is 241 g/mol. The van der Waals surface area contributed by atoms with Gasteiger partial charge in [-0.05, 0) is 31.6 Å². The Labute approximate surface area is 88.6 Å². The molecule has 0 aliphatic heterocycles. The molecule has 12 heavy (non-hydrogen) atoms. The minimum Gasteiger partial charge on any atom is -0.358 e. The van der Waals surface area contributed by atoms with E-state index in [1.165, 1.54) is 5.56 Å². The number of pyridine rings is 1. The van der Waals surface area contributed by atoms with Crippen LogP contribution in [0.15, 0.2) is 24.4 Å². The molecule has 1 rings (SSSR count). The predicted molar refractivity (Wildman–Crippen MR) is 50.1 cm³/mol. The maximum atomic E-state index is 4.18. The molecule has 0 saturated heterocycles. The summed E-state index contributed by atoms with van der Waals surface area (Å²) >= 11 is 0. The second-order valence-corrected chi connectivity index (χ2v) is 2.21. The van der Waals surface area contributed by atoms with Crippen LogP contribution in [-0.2, 0) is 20.4 Å². The second kappa shape index (κ2) is 7.21. The van der Waals surface area contributed by atoms with Crippen molar-refractivity contribution in [3.63, 3.8) is 0 Å². The number of hydrogen-bond acceptors (Lipinski definition) is 1. The molecule has 0 fully saturated rings. The first-order chi connectivity index (χ1) is 4.84. The van der Waals surface area contributed by atoms with Gasteiger partial charge >= 0.3 is 0 Å². The molecular formula is C10H14NPd-. The van der Waals surface area contributed by atoms with Crippen molar-refractivity contribution in [1.82, 2.24) is 4.98 Å². The van der Waals surface area contributed by atoms with Gasteiger partial charge in [0.1, 0.15) is 0 Å². The smallest absolute Gasteiger partial charge is 0.0655 e. The maximum Gasteiger partial charge on any atom is 0.0655 e. The van der Waals surface area contributed by atoms with Crippen molar-refractivity contribution in [2.45, 2.75) is 13.8 Å². The Bertz CT molecular complexity index is 243. The molecule has 0 saturated carbocycles. The summed E-state index contributed by atoms with van der Waals surface area (Å²) in [6.07, 6.45) is 5.81. The Morgan fingerprint density at radius 3 is 2.58 bits per heavy atom. The van der Waals surface area contributed by atoms with Crippen LogP contribution < -0.4 is 0 Å². The van der Waals surface area contributed by atoms with Gasteiger partial charge in [-0.2, -0.15) is 0 Å². The van der Waals surface area contributed by atoms with E-state index in [1.807, 2.05) is 31.3 Å². The van der Waals surface area contributed by atoms with E-state index in [2.05, 4.69) is 18.0 Å². The van der Waals surface area contributed by atoms with Gasteiger partial charge in [-0.3, -0.25) is 4.98 Å². The molecule has 0 unspecified atom stereocenters. The minimum atomic E-state index is 0. The summed E-state index contributed by atoms with van der Waals surface area (Å²) in [5.74, 6) is 0. The van der Waals surface area contributed by atoms with Crippen LogP contribution >= 0.6 is 0 Å². The molecule has 1 heterocycles. The standard InChI is InChI=1S/C9H11N.CH3.Pd/c1-3-5-9-8(2)6-4-7-10-9;;/h3-7H,1-2H3;1H3;/q;-1;/b5-3+;;. The fourth-order valence-corrected chi connectivity index (χ4v) is 0.830. The Hall–Kier alpha value is -0.448. The zero-order chi connectivity index (χ0) is 7.40. The summed E-state index contributed by atoms with van der Waals surface area (Å²) in [4.78, 5) is 4.18.